The van der Waals surface area contributed by atoms with Crippen LogP contribution in [-0.2, 0) is 9.53 Å². The molecule has 0 bridgehead atoms. The van der Waals surface area contributed by atoms with Gasteiger partial charge in [-0.25, -0.2) is 0 Å². The number of ether oxygens (including phenoxy) is 1. The zero-order chi connectivity index (χ0) is 18.3. The highest BCUT2D eigenvalue weighted by atomic mass is 16.5. The molecule has 0 radical (unpaired) electrons. The van der Waals surface area contributed by atoms with Crippen molar-refractivity contribution in [2.75, 3.05) is 0 Å². The number of benzene rings is 1. The van der Waals surface area contributed by atoms with E-state index < -0.39 is 0 Å². The topological polar surface area (TPSA) is 26.3 Å². The second kappa shape index (κ2) is 7.13. The predicted molar refractivity (Wildman–Crippen MR) is 103 cm³/mol. The van der Waals surface area contributed by atoms with Gasteiger partial charge in [-0.3, -0.25) is 4.79 Å². The highest BCUT2D eigenvalue weighted by Crippen LogP contribution is 2.51. The Balaban J connectivity index is 1.67. The van der Waals surface area contributed by atoms with Crippen LogP contribution < -0.4 is 0 Å². The van der Waals surface area contributed by atoms with E-state index >= 15 is 0 Å². The van der Waals surface area contributed by atoms with Crippen LogP contribution in [0.2, 0.25) is 0 Å². The van der Waals surface area contributed by atoms with Crippen LogP contribution >= 0.6 is 0 Å². The molecule has 2 aliphatic carbocycles. The molecule has 1 aromatic carbocycles. The summed E-state index contributed by atoms with van der Waals surface area (Å²) in [6.45, 7) is 13.3. The van der Waals surface area contributed by atoms with Crippen LogP contribution in [0.25, 0.3) is 0 Å². The van der Waals surface area contributed by atoms with Gasteiger partial charge in [0.25, 0.3) is 0 Å². The van der Waals surface area contributed by atoms with E-state index in [0.717, 1.165) is 12.8 Å². The molecule has 5 atom stereocenters. The maximum atomic E-state index is 12.8. The van der Waals surface area contributed by atoms with Crippen molar-refractivity contribution >= 4 is 5.97 Å². The fourth-order valence-electron chi connectivity index (χ4n) is 5.04. The third-order valence-electron chi connectivity index (χ3n) is 6.43. The van der Waals surface area contributed by atoms with Gasteiger partial charge in [-0.05, 0) is 80.4 Å². The quantitative estimate of drug-likeness (QED) is 0.654. The van der Waals surface area contributed by atoms with Crippen LogP contribution in [0.15, 0.2) is 12.1 Å². The van der Waals surface area contributed by atoms with Crippen LogP contribution in [0.1, 0.15) is 74.6 Å². The van der Waals surface area contributed by atoms with E-state index in [1.807, 2.05) is 0 Å². The van der Waals surface area contributed by atoms with E-state index in [9.17, 15) is 4.79 Å². The monoisotopic (exact) mass is 342 g/mol. The predicted octanol–water partition coefficient (Wildman–Crippen LogP) is 5.72. The van der Waals surface area contributed by atoms with E-state index in [0.29, 0.717) is 23.7 Å². The number of aryl methyl sites for hydroxylation is 3. The lowest BCUT2D eigenvalue weighted by Crippen LogP contribution is -2.36. The summed E-state index contributed by atoms with van der Waals surface area (Å²) >= 11 is 0. The van der Waals surface area contributed by atoms with E-state index in [1.165, 1.54) is 35.1 Å². The van der Waals surface area contributed by atoms with Gasteiger partial charge in [-0.15, -0.1) is 0 Å². The maximum Gasteiger partial charge on any atom is 0.309 e. The van der Waals surface area contributed by atoms with Crippen LogP contribution in [0.3, 0.4) is 0 Å². The standard InChI is InChI=1S/C23H34O2/c1-13(2)18-8-7-14(3)11-21(18)25-23(24)20-12-19(20)22-16(5)9-15(4)10-17(22)6/h9-10,13-14,18-21H,7-8,11-12H2,1-6H3/t14-,18+,19-,20+,21-/m1/s1. The zero-order valence-electron chi connectivity index (χ0n) is 16.8. The average Bonchev–Trinajstić information content (AvgIpc) is 3.26. The van der Waals surface area contributed by atoms with E-state index in [4.69, 9.17) is 4.74 Å². The van der Waals surface area contributed by atoms with E-state index in [-0.39, 0.29) is 18.0 Å². The molecule has 3 rings (SSSR count). The first kappa shape index (κ1) is 18.5. The van der Waals surface area contributed by atoms with Crippen molar-refractivity contribution in [2.24, 2.45) is 23.7 Å². The summed E-state index contributed by atoms with van der Waals surface area (Å²) in [5.41, 5.74) is 5.33. The molecule has 0 amide bonds. The second-order valence-electron chi connectivity index (χ2n) is 9.06. The minimum absolute atomic E-state index is 0.0501. The summed E-state index contributed by atoms with van der Waals surface area (Å²) in [4.78, 5) is 12.8. The Morgan fingerprint density at radius 3 is 2.32 bits per heavy atom. The molecule has 0 heterocycles. The highest BCUT2D eigenvalue weighted by Gasteiger charge is 2.48. The van der Waals surface area contributed by atoms with Crippen molar-refractivity contribution < 1.29 is 9.53 Å². The Kier molecular flexibility index (Phi) is 5.27. The van der Waals surface area contributed by atoms with Gasteiger partial charge in [0.1, 0.15) is 6.10 Å². The minimum atomic E-state index is 0.0501. The lowest BCUT2D eigenvalue weighted by atomic mass is 9.75. The Labute approximate surface area is 153 Å². The summed E-state index contributed by atoms with van der Waals surface area (Å²) in [5.74, 6) is 2.28. The number of esters is 1. The molecule has 25 heavy (non-hydrogen) atoms. The van der Waals surface area contributed by atoms with Gasteiger partial charge in [-0.2, -0.15) is 0 Å². The van der Waals surface area contributed by atoms with Gasteiger partial charge >= 0.3 is 5.97 Å². The number of hydrogen-bond acceptors (Lipinski definition) is 2. The van der Waals surface area contributed by atoms with Gasteiger partial charge < -0.3 is 4.74 Å². The SMILES string of the molecule is Cc1cc(C)c([C@@H]2C[C@@H]2C(=O)O[C@@H]2C[C@H](C)CC[C@H]2C(C)C)c(C)c1. The number of rotatable bonds is 4. The Bertz CT molecular complexity index is 622. The van der Waals surface area contributed by atoms with Crippen LogP contribution in [-0.4, -0.2) is 12.1 Å². The van der Waals surface area contributed by atoms with E-state index in [1.54, 1.807) is 0 Å². The lowest BCUT2D eigenvalue weighted by Gasteiger charge is -2.36. The Morgan fingerprint density at radius 1 is 1.08 bits per heavy atom. The number of carbonyl (C=O) groups is 1. The van der Waals surface area contributed by atoms with Gasteiger partial charge in [0, 0.05) is 0 Å². The van der Waals surface area contributed by atoms with Crippen molar-refractivity contribution in [2.45, 2.75) is 79.2 Å². The van der Waals surface area contributed by atoms with Gasteiger partial charge in [0.15, 0.2) is 0 Å². The summed E-state index contributed by atoms with van der Waals surface area (Å²) in [5, 5.41) is 0. The molecule has 2 nitrogen and oxygen atoms in total. The summed E-state index contributed by atoms with van der Waals surface area (Å²) in [6, 6.07) is 4.47. The van der Waals surface area contributed by atoms with Gasteiger partial charge in [-0.1, -0.05) is 44.9 Å². The first-order valence-corrected chi connectivity index (χ1v) is 10.1. The number of carbonyl (C=O) groups excluding carboxylic acids is 1. The first-order chi connectivity index (χ1) is 11.8. The smallest absolute Gasteiger partial charge is 0.309 e. The molecule has 0 N–H and O–H groups in total. The molecule has 0 aliphatic heterocycles. The third-order valence-corrected chi connectivity index (χ3v) is 6.43. The minimum Gasteiger partial charge on any atom is -0.462 e. The van der Waals surface area contributed by atoms with Crippen molar-refractivity contribution in [1.82, 2.24) is 0 Å². The summed E-state index contributed by atoms with van der Waals surface area (Å²) < 4.78 is 6.08. The Morgan fingerprint density at radius 2 is 1.72 bits per heavy atom. The van der Waals surface area contributed by atoms with Gasteiger partial charge in [0.2, 0.25) is 0 Å². The van der Waals surface area contributed by atoms with Crippen LogP contribution in [0.4, 0.5) is 0 Å². The van der Waals surface area contributed by atoms with Gasteiger partial charge in [0.05, 0.1) is 5.92 Å². The van der Waals surface area contributed by atoms with Crippen molar-refractivity contribution in [3.05, 3.63) is 34.4 Å². The molecule has 1 aromatic rings. The molecule has 0 saturated heterocycles. The average molecular weight is 343 g/mol. The van der Waals surface area contributed by atoms with Crippen molar-refractivity contribution in [3.63, 3.8) is 0 Å². The highest BCUT2D eigenvalue weighted by molar-refractivity contribution is 5.78. The summed E-state index contributed by atoms with van der Waals surface area (Å²) in [6.07, 6.45) is 4.58. The third kappa shape index (κ3) is 3.93. The van der Waals surface area contributed by atoms with Crippen LogP contribution in [0, 0.1) is 44.4 Å². The second-order valence-corrected chi connectivity index (χ2v) is 9.06. The summed E-state index contributed by atoms with van der Waals surface area (Å²) in [7, 11) is 0. The zero-order valence-corrected chi connectivity index (χ0v) is 16.8. The molecule has 2 saturated carbocycles. The first-order valence-electron chi connectivity index (χ1n) is 10.1. The van der Waals surface area contributed by atoms with Crippen LogP contribution in [0.5, 0.6) is 0 Å². The maximum absolute atomic E-state index is 12.8. The molecule has 138 valence electrons. The lowest BCUT2D eigenvalue weighted by molar-refractivity contribution is -0.157. The number of hydrogen-bond donors (Lipinski definition) is 0. The fourth-order valence-corrected chi connectivity index (χ4v) is 5.04. The normalized spacial score (nSPS) is 31.9. The molecule has 2 fully saturated rings. The van der Waals surface area contributed by atoms with Crippen molar-refractivity contribution in [1.29, 1.82) is 0 Å². The molecule has 0 aromatic heterocycles. The Hall–Kier alpha value is -1.31. The molecule has 0 spiro atoms. The van der Waals surface area contributed by atoms with Crippen molar-refractivity contribution in [3.8, 4) is 0 Å². The molecular formula is C23H34O2. The molecular weight excluding hydrogens is 308 g/mol. The largest absolute Gasteiger partial charge is 0.462 e. The van der Waals surface area contributed by atoms with E-state index in [2.05, 4.69) is 53.7 Å². The molecule has 2 heteroatoms. The molecule has 2 aliphatic rings. The fraction of sp³-hybridized carbons (Fsp3) is 0.696. The molecule has 0 unspecified atom stereocenters.